The van der Waals surface area contributed by atoms with Gasteiger partial charge in [0.05, 0.1) is 8.67 Å². The van der Waals surface area contributed by atoms with Gasteiger partial charge in [0.15, 0.2) is 0 Å². The van der Waals surface area contributed by atoms with Crippen molar-refractivity contribution in [3.05, 3.63) is 55.9 Å². The van der Waals surface area contributed by atoms with Crippen molar-refractivity contribution in [1.29, 1.82) is 0 Å². The molecule has 1 nitrogen and oxygen atoms in total. The SMILES string of the molecule is CC(NCCc1ccc(F)cc1)c1cc(Cl)sc1Cl. The molecular formula is C14H14Cl2FNS. The quantitative estimate of drug-likeness (QED) is 0.810. The molecule has 0 radical (unpaired) electrons. The highest BCUT2D eigenvalue weighted by Gasteiger charge is 2.12. The molecule has 0 saturated heterocycles. The molecule has 0 aliphatic carbocycles. The van der Waals surface area contributed by atoms with Crippen molar-refractivity contribution in [2.45, 2.75) is 19.4 Å². The van der Waals surface area contributed by atoms with E-state index >= 15 is 0 Å². The van der Waals surface area contributed by atoms with Gasteiger partial charge in [0.1, 0.15) is 5.82 Å². The van der Waals surface area contributed by atoms with Crippen molar-refractivity contribution in [1.82, 2.24) is 5.32 Å². The summed E-state index contributed by atoms with van der Waals surface area (Å²) in [5.41, 5.74) is 2.13. The van der Waals surface area contributed by atoms with Crippen molar-refractivity contribution in [2.24, 2.45) is 0 Å². The van der Waals surface area contributed by atoms with Crippen LogP contribution in [0.2, 0.25) is 8.67 Å². The van der Waals surface area contributed by atoms with Crippen molar-refractivity contribution in [3.8, 4) is 0 Å². The molecule has 1 aromatic carbocycles. The first-order valence-electron chi connectivity index (χ1n) is 5.99. The summed E-state index contributed by atoms with van der Waals surface area (Å²) in [4.78, 5) is 0. The van der Waals surface area contributed by atoms with Gasteiger partial charge in [0.2, 0.25) is 0 Å². The largest absolute Gasteiger partial charge is 0.310 e. The van der Waals surface area contributed by atoms with Crippen LogP contribution < -0.4 is 5.32 Å². The van der Waals surface area contributed by atoms with E-state index in [-0.39, 0.29) is 11.9 Å². The Bertz CT molecular complexity index is 539. The van der Waals surface area contributed by atoms with Crippen LogP contribution >= 0.6 is 34.5 Å². The molecule has 0 fully saturated rings. The summed E-state index contributed by atoms with van der Waals surface area (Å²) < 4.78 is 14.2. The van der Waals surface area contributed by atoms with Crippen molar-refractivity contribution < 1.29 is 4.39 Å². The van der Waals surface area contributed by atoms with Gasteiger partial charge in [-0.05, 0) is 49.2 Å². The van der Waals surface area contributed by atoms with Crippen LogP contribution in [0.25, 0.3) is 0 Å². The van der Waals surface area contributed by atoms with Crippen LogP contribution in [0.15, 0.2) is 30.3 Å². The molecule has 0 aliphatic heterocycles. The lowest BCUT2D eigenvalue weighted by Gasteiger charge is -2.13. The zero-order chi connectivity index (χ0) is 13.8. The standard InChI is InChI=1S/C14H14Cl2FNS/c1-9(12-8-13(15)19-14(12)16)18-7-6-10-2-4-11(17)5-3-10/h2-5,8-9,18H,6-7H2,1H3. The highest BCUT2D eigenvalue weighted by Crippen LogP contribution is 2.34. The van der Waals surface area contributed by atoms with Crippen LogP contribution in [0.3, 0.4) is 0 Å². The molecule has 1 heterocycles. The molecule has 2 aromatic rings. The molecule has 0 bridgehead atoms. The van der Waals surface area contributed by atoms with Gasteiger partial charge < -0.3 is 5.32 Å². The first-order valence-corrected chi connectivity index (χ1v) is 7.56. The van der Waals surface area contributed by atoms with E-state index in [1.165, 1.54) is 23.5 Å². The molecule has 1 unspecified atom stereocenters. The smallest absolute Gasteiger partial charge is 0.123 e. The number of rotatable bonds is 5. The molecule has 1 N–H and O–H groups in total. The van der Waals surface area contributed by atoms with E-state index in [1.54, 1.807) is 12.1 Å². The first-order chi connectivity index (χ1) is 9.06. The predicted octanol–water partition coefficient (Wildman–Crippen LogP) is 5.09. The molecule has 2 rings (SSSR count). The third kappa shape index (κ3) is 4.18. The number of benzene rings is 1. The predicted molar refractivity (Wildman–Crippen MR) is 80.9 cm³/mol. The van der Waals surface area contributed by atoms with E-state index in [0.29, 0.717) is 4.34 Å². The second kappa shape index (κ2) is 6.71. The Hall–Kier alpha value is -0.610. The number of thiophene rings is 1. The Balaban J connectivity index is 1.85. The van der Waals surface area contributed by atoms with Crippen molar-refractivity contribution >= 4 is 34.5 Å². The fourth-order valence-corrected chi connectivity index (χ4v) is 3.49. The van der Waals surface area contributed by atoms with Crippen molar-refractivity contribution in [3.63, 3.8) is 0 Å². The average Bonchev–Trinajstić information content (AvgIpc) is 2.71. The molecular weight excluding hydrogens is 304 g/mol. The Morgan fingerprint density at radius 1 is 1.26 bits per heavy atom. The third-order valence-corrected chi connectivity index (χ3v) is 4.45. The molecule has 19 heavy (non-hydrogen) atoms. The summed E-state index contributed by atoms with van der Waals surface area (Å²) in [7, 11) is 0. The summed E-state index contributed by atoms with van der Waals surface area (Å²) in [6.07, 6.45) is 0.847. The summed E-state index contributed by atoms with van der Waals surface area (Å²) >= 11 is 13.4. The van der Waals surface area contributed by atoms with Gasteiger partial charge in [-0.3, -0.25) is 0 Å². The maximum atomic E-state index is 12.8. The van der Waals surface area contributed by atoms with Crippen LogP contribution in [-0.2, 0) is 6.42 Å². The lowest BCUT2D eigenvalue weighted by molar-refractivity contribution is 0.577. The minimum atomic E-state index is -0.204. The van der Waals surface area contributed by atoms with Crippen LogP contribution in [0, 0.1) is 5.82 Å². The molecule has 1 atom stereocenters. The molecule has 0 amide bonds. The summed E-state index contributed by atoms with van der Waals surface area (Å²) in [6, 6.07) is 8.61. The Kier molecular flexibility index (Phi) is 5.22. The zero-order valence-electron chi connectivity index (χ0n) is 10.4. The number of hydrogen-bond acceptors (Lipinski definition) is 2. The molecule has 0 spiro atoms. The van der Waals surface area contributed by atoms with E-state index < -0.39 is 0 Å². The maximum absolute atomic E-state index is 12.8. The Morgan fingerprint density at radius 3 is 2.53 bits per heavy atom. The van der Waals surface area contributed by atoms with Crippen LogP contribution in [-0.4, -0.2) is 6.54 Å². The minimum Gasteiger partial charge on any atom is -0.310 e. The van der Waals surface area contributed by atoms with Gasteiger partial charge in [0, 0.05) is 6.04 Å². The highest BCUT2D eigenvalue weighted by molar-refractivity contribution is 7.20. The van der Waals surface area contributed by atoms with Gasteiger partial charge in [0.25, 0.3) is 0 Å². The van der Waals surface area contributed by atoms with Gasteiger partial charge in [-0.25, -0.2) is 4.39 Å². The molecule has 1 aromatic heterocycles. The van der Waals surface area contributed by atoms with Crippen molar-refractivity contribution in [2.75, 3.05) is 6.54 Å². The maximum Gasteiger partial charge on any atom is 0.123 e. The Morgan fingerprint density at radius 2 is 1.95 bits per heavy atom. The normalized spacial score (nSPS) is 12.6. The van der Waals surface area contributed by atoms with Gasteiger partial charge >= 0.3 is 0 Å². The lowest BCUT2D eigenvalue weighted by Crippen LogP contribution is -2.21. The topological polar surface area (TPSA) is 12.0 Å². The number of nitrogens with one attached hydrogen (secondary N) is 1. The van der Waals surface area contributed by atoms with Crippen LogP contribution in [0.1, 0.15) is 24.1 Å². The summed E-state index contributed by atoms with van der Waals surface area (Å²) in [5, 5.41) is 3.39. The van der Waals surface area contributed by atoms with Crippen LogP contribution in [0.4, 0.5) is 4.39 Å². The van der Waals surface area contributed by atoms with E-state index in [0.717, 1.165) is 28.4 Å². The first kappa shape index (κ1) is 14.8. The summed E-state index contributed by atoms with van der Waals surface area (Å²) in [6.45, 7) is 2.85. The number of hydrogen-bond donors (Lipinski definition) is 1. The third-order valence-electron chi connectivity index (χ3n) is 2.93. The molecule has 0 aliphatic rings. The van der Waals surface area contributed by atoms with Gasteiger partial charge in [-0.2, -0.15) is 0 Å². The van der Waals surface area contributed by atoms with E-state index in [1.807, 2.05) is 6.07 Å². The zero-order valence-corrected chi connectivity index (χ0v) is 12.7. The van der Waals surface area contributed by atoms with Crippen LogP contribution in [0.5, 0.6) is 0 Å². The lowest BCUT2D eigenvalue weighted by atomic mass is 10.1. The van der Waals surface area contributed by atoms with Gasteiger partial charge in [-0.15, -0.1) is 11.3 Å². The Labute approximate surface area is 126 Å². The molecule has 5 heteroatoms. The molecule has 0 saturated carbocycles. The monoisotopic (exact) mass is 317 g/mol. The second-order valence-electron chi connectivity index (χ2n) is 4.33. The molecule has 102 valence electrons. The van der Waals surface area contributed by atoms with E-state index in [4.69, 9.17) is 23.2 Å². The highest BCUT2D eigenvalue weighted by atomic mass is 35.5. The van der Waals surface area contributed by atoms with Gasteiger partial charge in [-0.1, -0.05) is 35.3 Å². The fourth-order valence-electron chi connectivity index (χ4n) is 1.84. The average molecular weight is 318 g/mol. The fraction of sp³-hybridized carbons (Fsp3) is 0.286. The van der Waals surface area contributed by atoms with E-state index in [2.05, 4.69) is 12.2 Å². The summed E-state index contributed by atoms with van der Waals surface area (Å²) in [5.74, 6) is -0.204. The minimum absolute atomic E-state index is 0.150. The second-order valence-corrected chi connectivity index (χ2v) is 6.62. The van der Waals surface area contributed by atoms with E-state index in [9.17, 15) is 4.39 Å². The number of halogens is 3.